The molecule has 0 spiro atoms. The number of benzene rings is 2. The van der Waals surface area contributed by atoms with Gasteiger partial charge in [-0.3, -0.25) is 9.59 Å². The van der Waals surface area contributed by atoms with Crippen LogP contribution in [0.2, 0.25) is 0 Å². The van der Waals surface area contributed by atoms with Gasteiger partial charge in [-0.15, -0.1) is 0 Å². The van der Waals surface area contributed by atoms with Crippen molar-refractivity contribution in [1.29, 1.82) is 0 Å². The van der Waals surface area contributed by atoms with Crippen molar-refractivity contribution in [3.8, 4) is 0 Å². The van der Waals surface area contributed by atoms with E-state index in [0.717, 1.165) is 5.52 Å². The van der Waals surface area contributed by atoms with E-state index in [1.165, 1.54) is 4.31 Å². The number of aryl methyl sites for hydroxylation is 2. The Morgan fingerprint density at radius 2 is 1.82 bits per heavy atom. The van der Waals surface area contributed by atoms with E-state index < -0.39 is 15.9 Å². The second-order valence-corrected chi connectivity index (χ2v) is 9.87. The lowest BCUT2D eigenvalue weighted by Crippen LogP contribution is -2.40. The highest BCUT2D eigenvalue weighted by atomic mass is 32.2. The predicted molar refractivity (Wildman–Crippen MR) is 127 cm³/mol. The molecule has 34 heavy (non-hydrogen) atoms. The Labute approximate surface area is 197 Å². The average Bonchev–Trinajstić information content (AvgIpc) is 3.20. The average molecular weight is 486 g/mol. The normalized spacial score (nSPS) is 14.9. The molecule has 0 saturated carbocycles. The molecule has 0 atom stereocenters. The number of morpholine rings is 1. The third kappa shape index (κ3) is 4.96. The van der Waals surface area contributed by atoms with Gasteiger partial charge in [-0.1, -0.05) is 0 Å². The predicted octanol–water partition coefficient (Wildman–Crippen LogP) is 1.75. The van der Waals surface area contributed by atoms with Crippen molar-refractivity contribution in [3.05, 3.63) is 53.9 Å². The lowest BCUT2D eigenvalue weighted by molar-refractivity contribution is -0.116. The summed E-state index contributed by atoms with van der Waals surface area (Å²) in [5.74, 6) is -0.0213. The highest BCUT2D eigenvalue weighted by molar-refractivity contribution is 7.89. The number of primary amides is 1. The van der Waals surface area contributed by atoms with Crippen molar-refractivity contribution in [2.75, 3.05) is 31.6 Å². The van der Waals surface area contributed by atoms with Crippen LogP contribution in [0, 0.1) is 0 Å². The van der Waals surface area contributed by atoms with Crippen molar-refractivity contribution in [3.63, 3.8) is 0 Å². The second kappa shape index (κ2) is 9.92. The minimum atomic E-state index is -3.62. The molecular formula is C23H27N5O5S. The number of carbonyl (C=O) groups is 2. The third-order valence-corrected chi connectivity index (χ3v) is 7.65. The molecule has 3 aromatic rings. The summed E-state index contributed by atoms with van der Waals surface area (Å²) in [5.41, 5.74) is 7.56. The number of nitrogens with zero attached hydrogens (tertiary/aromatic N) is 3. The Kier molecular flexibility index (Phi) is 6.96. The Morgan fingerprint density at radius 3 is 2.47 bits per heavy atom. The summed E-state index contributed by atoms with van der Waals surface area (Å²) >= 11 is 0. The number of sulfonamides is 1. The van der Waals surface area contributed by atoms with Crippen molar-refractivity contribution in [2.45, 2.75) is 31.2 Å². The Bertz CT molecular complexity index is 1310. The summed E-state index contributed by atoms with van der Waals surface area (Å²) in [4.78, 5) is 28.5. The largest absolute Gasteiger partial charge is 0.379 e. The molecule has 4 rings (SSSR count). The topological polar surface area (TPSA) is 137 Å². The summed E-state index contributed by atoms with van der Waals surface area (Å²) < 4.78 is 34.7. The summed E-state index contributed by atoms with van der Waals surface area (Å²) in [6.07, 6.45) is 0.582. The SMILES string of the molecule is CCn1c(CCC(=O)Nc2ccc(C(N)=O)cc2)nc2cc(S(=O)(=O)N3CCOCC3)ccc21. The molecule has 1 aliphatic heterocycles. The van der Waals surface area contributed by atoms with E-state index in [2.05, 4.69) is 10.3 Å². The number of rotatable bonds is 8. The molecule has 11 heteroatoms. The smallest absolute Gasteiger partial charge is 0.248 e. The molecule has 0 radical (unpaired) electrons. The van der Waals surface area contributed by atoms with Gasteiger partial charge in [0.15, 0.2) is 0 Å². The van der Waals surface area contributed by atoms with Gasteiger partial charge in [-0.25, -0.2) is 13.4 Å². The van der Waals surface area contributed by atoms with Gasteiger partial charge in [0.05, 0.1) is 29.1 Å². The third-order valence-electron chi connectivity index (χ3n) is 5.75. The van der Waals surface area contributed by atoms with Crippen LogP contribution in [0.1, 0.15) is 29.5 Å². The minimum Gasteiger partial charge on any atom is -0.379 e. The molecule has 2 amide bonds. The zero-order valence-corrected chi connectivity index (χ0v) is 19.7. The van der Waals surface area contributed by atoms with Crippen LogP contribution >= 0.6 is 0 Å². The van der Waals surface area contributed by atoms with Gasteiger partial charge in [-0.2, -0.15) is 4.31 Å². The van der Waals surface area contributed by atoms with Crippen LogP contribution in [0.5, 0.6) is 0 Å². The number of hydrogen-bond donors (Lipinski definition) is 2. The van der Waals surface area contributed by atoms with Crippen LogP contribution in [0.25, 0.3) is 11.0 Å². The van der Waals surface area contributed by atoms with Crippen LogP contribution < -0.4 is 11.1 Å². The van der Waals surface area contributed by atoms with Crippen molar-refractivity contribution in [2.24, 2.45) is 5.73 Å². The van der Waals surface area contributed by atoms with E-state index in [1.54, 1.807) is 42.5 Å². The summed E-state index contributed by atoms with van der Waals surface area (Å²) in [7, 11) is -3.62. The Morgan fingerprint density at radius 1 is 1.12 bits per heavy atom. The van der Waals surface area contributed by atoms with Crippen LogP contribution in [-0.2, 0) is 32.5 Å². The van der Waals surface area contributed by atoms with Crippen LogP contribution in [-0.4, -0.2) is 60.4 Å². The Hall–Kier alpha value is -3.28. The van der Waals surface area contributed by atoms with Gasteiger partial charge < -0.3 is 20.4 Å². The van der Waals surface area contributed by atoms with Gasteiger partial charge in [0.2, 0.25) is 21.8 Å². The number of nitrogens with two attached hydrogens (primary N) is 1. The maximum absolute atomic E-state index is 13.0. The fraction of sp³-hybridized carbons (Fsp3) is 0.348. The van der Waals surface area contributed by atoms with Crippen molar-refractivity contribution >= 4 is 38.6 Å². The van der Waals surface area contributed by atoms with E-state index in [9.17, 15) is 18.0 Å². The molecule has 3 N–H and O–H groups in total. The lowest BCUT2D eigenvalue weighted by atomic mass is 10.2. The molecule has 0 unspecified atom stereocenters. The number of carbonyl (C=O) groups excluding carboxylic acids is 2. The van der Waals surface area contributed by atoms with E-state index >= 15 is 0 Å². The molecule has 180 valence electrons. The number of hydrogen-bond acceptors (Lipinski definition) is 6. The molecule has 0 aliphatic carbocycles. The molecule has 1 saturated heterocycles. The van der Waals surface area contributed by atoms with Crippen LogP contribution in [0.15, 0.2) is 47.4 Å². The van der Waals surface area contributed by atoms with Crippen LogP contribution in [0.4, 0.5) is 5.69 Å². The number of nitrogens with one attached hydrogen (secondary N) is 1. The highest BCUT2D eigenvalue weighted by Gasteiger charge is 2.27. The van der Waals surface area contributed by atoms with Gasteiger partial charge in [0.1, 0.15) is 5.82 Å². The minimum absolute atomic E-state index is 0.194. The fourth-order valence-electron chi connectivity index (χ4n) is 3.97. The number of aromatic nitrogens is 2. The quantitative estimate of drug-likeness (QED) is 0.499. The second-order valence-electron chi connectivity index (χ2n) is 7.93. The van der Waals surface area contributed by atoms with Crippen LogP contribution in [0.3, 0.4) is 0 Å². The lowest BCUT2D eigenvalue weighted by Gasteiger charge is -2.26. The van der Waals surface area contributed by atoms with Gasteiger partial charge in [0.25, 0.3) is 0 Å². The first-order chi connectivity index (χ1) is 16.3. The number of amides is 2. The van der Waals surface area contributed by atoms with E-state index in [4.69, 9.17) is 10.5 Å². The van der Waals surface area contributed by atoms with Gasteiger partial charge in [-0.05, 0) is 49.4 Å². The molecule has 2 aromatic carbocycles. The standard InChI is InChI=1S/C23H27N5O5S/c1-2-28-20-8-7-18(34(31,32)27-11-13-33-14-12-27)15-19(20)26-21(28)9-10-22(29)25-17-5-3-16(4-6-17)23(24)30/h3-8,15H,2,9-14H2,1H3,(H2,24,30)(H,25,29). The summed E-state index contributed by atoms with van der Waals surface area (Å²) in [6, 6.07) is 11.3. The van der Waals surface area contributed by atoms with E-state index in [0.29, 0.717) is 61.9 Å². The van der Waals surface area contributed by atoms with E-state index in [1.807, 2.05) is 11.5 Å². The fourth-order valence-corrected chi connectivity index (χ4v) is 5.39. The molecule has 1 aromatic heterocycles. The zero-order chi connectivity index (χ0) is 24.3. The number of fused-ring (bicyclic) bond motifs is 1. The first-order valence-corrected chi connectivity index (χ1v) is 12.5. The maximum atomic E-state index is 13.0. The van der Waals surface area contributed by atoms with Crippen molar-refractivity contribution < 1.29 is 22.7 Å². The first-order valence-electron chi connectivity index (χ1n) is 11.1. The summed E-state index contributed by atoms with van der Waals surface area (Å²) in [6.45, 7) is 4.03. The highest BCUT2D eigenvalue weighted by Crippen LogP contribution is 2.24. The zero-order valence-electron chi connectivity index (χ0n) is 18.9. The van der Waals surface area contributed by atoms with Gasteiger partial charge >= 0.3 is 0 Å². The van der Waals surface area contributed by atoms with Gasteiger partial charge in [0, 0.05) is 43.7 Å². The maximum Gasteiger partial charge on any atom is 0.248 e. The van der Waals surface area contributed by atoms with E-state index in [-0.39, 0.29) is 17.2 Å². The monoisotopic (exact) mass is 485 g/mol. The first kappa shape index (κ1) is 23.9. The number of imidazole rings is 1. The molecule has 1 fully saturated rings. The molecule has 2 heterocycles. The molecular weight excluding hydrogens is 458 g/mol. The number of ether oxygens (including phenoxy) is 1. The molecule has 1 aliphatic rings. The molecule has 10 nitrogen and oxygen atoms in total. The Balaban J connectivity index is 1.49. The summed E-state index contributed by atoms with van der Waals surface area (Å²) in [5, 5.41) is 2.79. The van der Waals surface area contributed by atoms with Crippen molar-refractivity contribution in [1.82, 2.24) is 13.9 Å². The molecule has 0 bridgehead atoms. The number of anilines is 1.